The van der Waals surface area contributed by atoms with E-state index < -0.39 is 0 Å². The van der Waals surface area contributed by atoms with Gasteiger partial charge in [0, 0.05) is 19.0 Å². The van der Waals surface area contributed by atoms with Crippen molar-refractivity contribution in [3.8, 4) is 11.5 Å². The van der Waals surface area contributed by atoms with Crippen LogP contribution >= 0.6 is 12.4 Å². The molecule has 150 valence electrons. The van der Waals surface area contributed by atoms with Crippen molar-refractivity contribution in [3.05, 3.63) is 59.7 Å². The lowest BCUT2D eigenvalue weighted by atomic mass is 10.1. The van der Waals surface area contributed by atoms with Gasteiger partial charge in [-0.3, -0.25) is 4.79 Å². The minimum absolute atomic E-state index is 0. The van der Waals surface area contributed by atoms with Gasteiger partial charge in [-0.2, -0.15) is 0 Å². The third kappa shape index (κ3) is 4.59. The molecule has 0 saturated heterocycles. The molecule has 1 fully saturated rings. The lowest BCUT2D eigenvalue weighted by Crippen LogP contribution is -2.34. The average molecular weight is 403 g/mol. The standard InChI is InChI=1S/C22H26N2O3.ClH/c23-9-4-10-24(15-16-5-2-1-3-6-16)22(25)19-14-18(19)17-7-8-20-21(13-17)27-12-11-26-20;/h1-3,5-8,13,18-19H,4,9-12,14-15,23H2;1H. The molecule has 2 aromatic rings. The Hall–Kier alpha value is -2.24. The number of halogens is 1. The van der Waals surface area contributed by atoms with Gasteiger partial charge in [-0.15, -0.1) is 12.4 Å². The maximum Gasteiger partial charge on any atom is 0.226 e. The normalized spacial score (nSPS) is 19.5. The second-order valence-electron chi connectivity index (χ2n) is 7.24. The van der Waals surface area contributed by atoms with E-state index in [-0.39, 0.29) is 30.2 Å². The molecule has 2 N–H and O–H groups in total. The number of hydrogen-bond acceptors (Lipinski definition) is 4. The second-order valence-corrected chi connectivity index (χ2v) is 7.24. The molecule has 5 nitrogen and oxygen atoms in total. The molecule has 2 unspecified atom stereocenters. The summed E-state index contributed by atoms with van der Waals surface area (Å²) in [6.07, 6.45) is 1.71. The van der Waals surface area contributed by atoms with Crippen LogP contribution in [0.1, 0.15) is 29.9 Å². The lowest BCUT2D eigenvalue weighted by Gasteiger charge is -2.23. The molecule has 2 atom stereocenters. The number of nitrogens with zero attached hydrogens (tertiary/aromatic N) is 1. The molecule has 1 saturated carbocycles. The van der Waals surface area contributed by atoms with Gasteiger partial charge in [-0.25, -0.2) is 0 Å². The zero-order valence-corrected chi connectivity index (χ0v) is 16.7. The van der Waals surface area contributed by atoms with E-state index in [1.54, 1.807) is 0 Å². The van der Waals surface area contributed by atoms with Crippen LogP contribution in [0.5, 0.6) is 11.5 Å². The van der Waals surface area contributed by atoms with E-state index in [9.17, 15) is 4.79 Å². The highest BCUT2D eigenvalue weighted by Gasteiger charge is 2.46. The summed E-state index contributed by atoms with van der Waals surface area (Å²) in [5, 5.41) is 0. The van der Waals surface area contributed by atoms with Gasteiger partial charge < -0.3 is 20.1 Å². The highest BCUT2D eigenvalue weighted by Crippen LogP contribution is 2.50. The summed E-state index contributed by atoms with van der Waals surface area (Å²) in [4.78, 5) is 15.1. The summed E-state index contributed by atoms with van der Waals surface area (Å²) in [5.74, 6) is 2.13. The number of nitrogens with two attached hydrogens (primary N) is 1. The second kappa shape index (κ2) is 9.30. The summed E-state index contributed by atoms with van der Waals surface area (Å²) in [6.45, 7) is 3.10. The molecule has 4 rings (SSSR count). The monoisotopic (exact) mass is 402 g/mol. The van der Waals surface area contributed by atoms with E-state index in [1.165, 1.54) is 0 Å². The van der Waals surface area contributed by atoms with Crippen LogP contribution in [0.2, 0.25) is 0 Å². The minimum atomic E-state index is 0. The Balaban J connectivity index is 0.00000225. The summed E-state index contributed by atoms with van der Waals surface area (Å²) in [6, 6.07) is 16.2. The van der Waals surface area contributed by atoms with Gasteiger partial charge in [0.25, 0.3) is 0 Å². The highest BCUT2D eigenvalue weighted by molar-refractivity contribution is 5.85. The molecule has 0 spiro atoms. The lowest BCUT2D eigenvalue weighted by molar-refractivity contribution is -0.133. The van der Waals surface area contributed by atoms with Crippen molar-refractivity contribution >= 4 is 18.3 Å². The Morgan fingerprint density at radius 2 is 1.82 bits per heavy atom. The molecule has 6 heteroatoms. The number of hydrogen-bond donors (Lipinski definition) is 1. The molecule has 0 aromatic heterocycles. The molecule has 0 bridgehead atoms. The number of ether oxygens (including phenoxy) is 2. The summed E-state index contributed by atoms with van der Waals surface area (Å²) >= 11 is 0. The smallest absolute Gasteiger partial charge is 0.226 e. The van der Waals surface area contributed by atoms with Gasteiger partial charge in [0.1, 0.15) is 13.2 Å². The van der Waals surface area contributed by atoms with Gasteiger partial charge in [-0.1, -0.05) is 36.4 Å². The van der Waals surface area contributed by atoms with Crippen LogP contribution in [0.3, 0.4) is 0 Å². The van der Waals surface area contributed by atoms with Gasteiger partial charge in [0.2, 0.25) is 5.91 Å². The van der Waals surface area contributed by atoms with Gasteiger partial charge in [0.15, 0.2) is 11.5 Å². The average Bonchev–Trinajstić information content (AvgIpc) is 3.52. The largest absolute Gasteiger partial charge is 0.486 e. The maximum absolute atomic E-state index is 13.1. The zero-order valence-electron chi connectivity index (χ0n) is 15.9. The molecule has 1 aliphatic carbocycles. The number of carbonyl (C=O) groups is 1. The fourth-order valence-electron chi connectivity index (χ4n) is 3.71. The van der Waals surface area contributed by atoms with Crippen molar-refractivity contribution in [1.82, 2.24) is 4.90 Å². The number of rotatable bonds is 7. The Kier molecular flexibility index (Phi) is 6.81. The summed E-state index contributed by atoms with van der Waals surface area (Å²) in [5.41, 5.74) is 8.00. The Labute approximate surface area is 172 Å². The molecule has 1 heterocycles. The Morgan fingerprint density at radius 1 is 1.07 bits per heavy atom. The summed E-state index contributed by atoms with van der Waals surface area (Å²) < 4.78 is 11.3. The minimum Gasteiger partial charge on any atom is -0.486 e. The first kappa shape index (κ1) is 20.5. The van der Waals surface area contributed by atoms with Gasteiger partial charge in [-0.05, 0) is 48.6 Å². The fraction of sp³-hybridized carbons (Fsp3) is 0.409. The molecule has 2 aromatic carbocycles. The molecule has 1 aliphatic heterocycles. The first-order valence-electron chi connectivity index (χ1n) is 9.68. The first-order chi connectivity index (χ1) is 13.3. The maximum atomic E-state index is 13.1. The molecule has 1 amide bonds. The van der Waals surface area contributed by atoms with Crippen LogP contribution in [0.25, 0.3) is 0 Å². The Bertz CT molecular complexity index is 800. The van der Waals surface area contributed by atoms with Gasteiger partial charge >= 0.3 is 0 Å². The van der Waals surface area contributed by atoms with E-state index in [0.29, 0.717) is 32.8 Å². The Morgan fingerprint density at radius 3 is 2.57 bits per heavy atom. The van der Waals surface area contributed by atoms with Crippen molar-refractivity contribution in [2.75, 3.05) is 26.3 Å². The van der Waals surface area contributed by atoms with Crippen LogP contribution < -0.4 is 15.2 Å². The van der Waals surface area contributed by atoms with E-state index >= 15 is 0 Å². The molecule has 2 aliphatic rings. The van der Waals surface area contributed by atoms with Crippen LogP contribution in [0, 0.1) is 5.92 Å². The third-order valence-corrected chi connectivity index (χ3v) is 5.26. The van der Waals surface area contributed by atoms with E-state index in [4.69, 9.17) is 15.2 Å². The molecular formula is C22H27ClN2O3. The van der Waals surface area contributed by atoms with Crippen molar-refractivity contribution in [2.24, 2.45) is 11.7 Å². The fourth-order valence-corrected chi connectivity index (χ4v) is 3.71. The molecule has 0 radical (unpaired) electrons. The number of amides is 1. The van der Waals surface area contributed by atoms with Crippen molar-refractivity contribution in [3.63, 3.8) is 0 Å². The van der Waals surface area contributed by atoms with Crippen molar-refractivity contribution in [1.29, 1.82) is 0 Å². The van der Waals surface area contributed by atoms with Crippen molar-refractivity contribution in [2.45, 2.75) is 25.3 Å². The van der Waals surface area contributed by atoms with E-state index in [2.05, 4.69) is 18.2 Å². The zero-order chi connectivity index (χ0) is 18.6. The SMILES string of the molecule is Cl.NCCCN(Cc1ccccc1)C(=O)C1CC1c1ccc2c(c1)OCCO2. The predicted octanol–water partition coefficient (Wildman–Crippen LogP) is 3.36. The van der Waals surface area contributed by atoms with E-state index in [0.717, 1.165) is 35.5 Å². The number of fused-ring (bicyclic) bond motifs is 1. The first-order valence-corrected chi connectivity index (χ1v) is 9.68. The predicted molar refractivity (Wildman–Crippen MR) is 111 cm³/mol. The topological polar surface area (TPSA) is 64.8 Å². The van der Waals surface area contributed by atoms with Crippen molar-refractivity contribution < 1.29 is 14.3 Å². The van der Waals surface area contributed by atoms with Crippen LogP contribution in [-0.4, -0.2) is 37.1 Å². The van der Waals surface area contributed by atoms with Crippen LogP contribution in [0.15, 0.2) is 48.5 Å². The third-order valence-electron chi connectivity index (χ3n) is 5.26. The highest BCUT2D eigenvalue weighted by atomic mass is 35.5. The van der Waals surface area contributed by atoms with Crippen LogP contribution in [0.4, 0.5) is 0 Å². The van der Waals surface area contributed by atoms with Gasteiger partial charge in [0.05, 0.1) is 0 Å². The summed E-state index contributed by atoms with van der Waals surface area (Å²) in [7, 11) is 0. The van der Waals surface area contributed by atoms with Crippen LogP contribution in [-0.2, 0) is 11.3 Å². The molecule has 28 heavy (non-hydrogen) atoms. The van der Waals surface area contributed by atoms with E-state index in [1.807, 2.05) is 35.2 Å². The number of benzene rings is 2. The molecular weight excluding hydrogens is 376 g/mol. The number of carbonyl (C=O) groups excluding carboxylic acids is 1. The quantitative estimate of drug-likeness (QED) is 0.771.